The highest BCUT2D eigenvalue weighted by molar-refractivity contribution is 7.80. The normalized spacial score (nSPS) is 11.3. The SMILES string of the molecule is CC(CC(N)=S)C(=O)Nc1ccccc1C#N. The van der Waals surface area contributed by atoms with Gasteiger partial charge in [0.2, 0.25) is 5.91 Å². The van der Waals surface area contributed by atoms with Gasteiger partial charge >= 0.3 is 0 Å². The number of rotatable bonds is 4. The van der Waals surface area contributed by atoms with Crippen molar-refractivity contribution < 1.29 is 4.79 Å². The lowest BCUT2D eigenvalue weighted by Gasteiger charge is -2.12. The molecule has 0 aliphatic carbocycles. The molecule has 1 unspecified atom stereocenters. The Hall–Kier alpha value is -1.93. The molecule has 0 heterocycles. The summed E-state index contributed by atoms with van der Waals surface area (Å²) in [6.07, 6.45) is 0.357. The third-order valence-corrected chi connectivity index (χ3v) is 2.43. The van der Waals surface area contributed by atoms with Crippen molar-refractivity contribution in [3.05, 3.63) is 29.8 Å². The molecule has 0 aromatic heterocycles. The first-order chi connectivity index (χ1) is 8.04. The minimum Gasteiger partial charge on any atom is -0.393 e. The molecule has 0 bridgehead atoms. The second-order valence-corrected chi connectivity index (χ2v) is 4.24. The highest BCUT2D eigenvalue weighted by Crippen LogP contribution is 2.15. The monoisotopic (exact) mass is 247 g/mol. The van der Waals surface area contributed by atoms with Gasteiger partial charge in [0.05, 0.1) is 16.2 Å². The summed E-state index contributed by atoms with van der Waals surface area (Å²) in [5.74, 6) is -0.500. The van der Waals surface area contributed by atoms with Crippen molar-refractivity contribution >= 4 is 28.8 Å². The fourth-order valence-corrected chi connectivity index (χ4v) is 1.59. The quantitative estimate of drug-likeness (QED) is 0.795. The van der Waals surface area contributed by atoms with Crippen LogP contribution in [0.1, 0.15) is 18.9 Å². The van der Waals surface area contributed by atoms with Gasteiger partial charge in [-0.15, -0.1) is 0 Å². The van der Waals surface area contributed by atoms with E-state index in [0.29, 0.717) is 22.7 Å². The van der Waals surface area contributed by atoms with Crippen LogP contribution < -0.4 is 11.1 Å². The Morgan fingerprint density at radius 2 is 2.24 bits per heavy atom. The smallest absolute Gasteiger partial charge is 0.227 e. The number of para-hydroxylation sites is 1. The standard InChI is InChI=1S/C12H13N3OS/c1-8(6-11(14)17)12(16)15-10-5-3-2-4-9(10)7-13/h2-5,8H,6H2,1H3,(H2,14,17)(H,15,16). The zero-order valence-corrected chi connectivity index (χ0v) is 10.3. The van der Waals surface area contributed by atoms with E-state index >= 15 is 0 Å². The number of nitrogens with zero attached hydrogens (tertiary/aromatic N) is 1. The number of carbonyl (C=O) groups excluding carboxylic acids is 1. The van der Waals surface area contributed by atoms with E-state index in [1.165, 1.54) is 0 Å². The highest BCUT2D eigenvalue weighted by Gasteiger charge is 2.15. The van der Waals surface area contributed by atoms with Gasteiger partial charge in [0, 0.05) is 12.3 Å². The van der Waals surface area contributed by atoms with Crippen LogP contribution >= 0.6 is 12.2 Å². The van der Waals surface area contributed by atoms with Gasteiger partial charge in [0.15, 0.2) is 0 Å². The number of carbonyl (C=O) groups is 1. The molecule has 88 valence electrons. The van der Waals surface area contributed by atoms with Crippen molar-refractivity contribution in [3.8, 4) is 6.07 Å². The Morgan fingerprint density at radius 3 is 2.82 bits per heavy atom. The van der Waals surface area contributed by atoms with E-state index in [4.69, 9.17) is 23.2 Å². The Kier molecular flexibility index (Phi) is 4.61. The summed E-state index contributed by atoms with van der Waals surface area (Å²) in [6, 6.07) is 8.85. The first kappa shape index (κ1) is 13.1. The van der Waals surface area contributed by atoms with Crippen LogP contribution in [0.25, 0.3) is 0 Å². The van der Waals surface area contributed by atoms with Crippen molar-refractivity contribution in [2.45, 2.75) is 13.3 Å². The van der Waals surface area contributed by atoms with Gasteiger partial charge in [-0.3, -0.25) is 4.79 Å². The Labute approximate surface area is 105 Å². The summed E-state index contributed by atoms with van der Waals surface area (Å²) in [7, 11) is 0. The summed E-state index contributed by atoms with van der Waals surface area (Å²) >= 11 is 4.75. The van der Waals surface area contributed by atoms with E-state index in [9.17, 15) is 4.79 Å². The second-order valence-electron chi connectivity index (χ2n) is 3.72. The van der Waals surface area contributed by atoms with Gasteiger partial charge < -0.3 is 11.1 Å². The topological polar surface area (TPSA) is 78.9 Å². The van der Waals surface area contributed by atoms with E-state index in [-0.39, 0.29) is 11.8 Å². The number of amides is 1. The average molecular weight is 247 g/mol. The van der Waals surface area contributed by atoms with Gasteiger partial charge in [-0.2, -0.15) is 5.26 Å². The van der Waals surface area contributed by atoms with Crippen molar-refractivity contribution in [1.82, 2.24) is 0 Å². The molecule has 0 spiro atoms. The van der Waals surface area contributed by atoms with Gasteiger partial charge in [-0.1, -0.05) is 31.3 Å². The van der Waals surface area contributed by atoms with E-state index in [1.54, 1.807) is 31.2 Å². The first-order valence-electron chi connectivity index (χ1n) is 5.13. The molecule has 0 aliphatic heterocycles. The number of nitrogens with two attached hydrogens (primary N) is 1. The van der Waals surface area contributed by atoms with E-state index in [2.05, 4.69) is 5.32 Å². The molecule has 1 rings (SSSR count). The molecule has 17 heavy (non-hydrogen) atoms. The number of anilines is 1. The van der Waals surface area contributed by atoms with Crippen molar-refractivity contribution in [2.24, 2.45) is 11.7 Å². The van der Waals surface area contributed by atoms with Crippen molar-refractivity contribution in [2.75, 3.05) is 5.32 Å². The molecule has 1 aromatic carbocycles. The molecule has 5 heteroatoms. The summed E-state index contributed by atoms with van der Waals surface area (Å²) in [5, 5.41) is 11.6. The largest absolute Gasteiger partial charge is 0.393 e. The number of hydrogen-bond donors (Lipinski definition) is 2. The van der Waals surface area contributed by atoms with E-state index < -0.39 is 0 Å². The minimum absolute atomic E-state index is 0.194. The summed E-state index contributed by atoms with van der Waals surface area (Å²) < 4.78 is 0. The van der Waals surface area contributed by atoms with Crippen LogP contribution in [0.2, 0.25) is 0 Å². The average Bonchev–Trinajstić information content (AvgIpc) is 2.28. The third-order valence-electron chi connectivity index (χ3n) is 2.26. The third kappa shape index (κ3) is 3.85. The predicted molar refractivity (Wildman–Crippen MR) is 70.4 cm³/mol. The van der Waals surface area contributed by atoms with Crippen LogP contribution in [-0.2, 0) is 4.79 Å². The molecule has 0 aliphatic rings. The van der Waals surface area contributed by atoms with Crippen molar-refractivity contribution in [3.63, 3.8) is 0 Å². The van der Waals surface area contributed by atoms with E-state index in [1.807, 2.05) is 6.07 Å². The minimum atomic E-state index is -0.306. The molecule has 0 radical (unpaired) electrons. The predicted octanol–water partition coefficient (Wildman–Crippen LogP) is 1.81. The van der Waals surface area contributed by atoms with Gasteiger partial charge in [-0.25, -0.2) is 0 Å². The van der Waals surface area contributed by atoms with Crippen molar-refractivity contribution in [1.29, 1.82) is 5.26 Å². The zero-order valence-electron chi connectivity index (χ0n) is 9.43. The number of hydrogen-bond acceptors (Lipinski definition) is 3. The number of benzene rings is 1. The number of nitriles is 1. The maximum atomic E-state index is 11.8. The maximum Gasteiger partial charge on any atom is 0.227 e. The van der Waals surface area contributed by atoms with Crippen LogP contribution in [-0.4, -0.2) is 10.9 Å². The summed E-state index contributed by atoms with van der Waals surface area (Å²) in [5.41, 5.74) is 6.32. The molecule has 4 nitrogen and oxygen atoms in total. The number of thiocarbonyl (C=S) groups is 1. The van der Waals surface area contributed by atoms with Crippen LogP contribution in [0.3, 0.4) is 0 Å². The Balaban J connectivity index is 2.75. The lowest BCUT2D eigenvalue weighted by Crippen LogP contribution is -2.25. The molecule has 1 aromatic rings. The van der Waals surface area contributed by atoms with Crippen LogP contribution in [0, 0.1) is 17.2 Å². The molecular weight excluding hydrogens is 234 g/mol. The summed E-state index contributed by atoms with van der Waals surface area (Å²) in [4.78, 5) is 12.1. The Morgan fingerprint density at radius 1 is 1.59 bits per heavy atom. The van der Waals surface area contributed by atoms with Crippen LogP contribution in [0.5, 0.6) is 0 Å². The van der Waals surface area contributed by atoms with Gasteiger partial charge in [0.25, 0.3) is 0 Å². The fourth-order valence-electron chi connectivity index (χ4n) is 1.34. The molecule has 0 saturated carbocycles. The molecule has 1 atom stereocenters. The zero-order chi connectivity index (χ0) is 12.8. The number of nitrogens with one attached hydrogen (secondary N) is 1. The van der Waals surface area contributed by atoms with Crippen LogP contribution in [0.15, 0.2) is 24.3 Å². The molecule has 0 saturated heterocycles. The molecule has 3 N–H and O–H groups in total. The van der Waals surface area contributed by atoms with Gasteiger partial charge in [0.1, 0.15) is 6.07 Å². The summed E-state index contributed by atoms with van der Waals surface area (Å²) in [6.45, 7) is 1.74. The Bertz CT molecular complexity index is 479. The van der Waals surface area contributed by atoms with Gasteiger partial charge in [-0.05, 0) is 12.1 Å². The molecule has 1 amide bonds. The molecule has 0 fully saturated rings. The first-order valence-corrected chi connectivity index (χ1v) is 5.53. The van der Waals surface area contributed by atoms with E-state index in [0.717, 1.165) is 0 Å². The lowest BCUT2D eigenvalue weighted by atomic mass is 10.1. The fraction of sp³-hybridized carbons (Fsp3) is 0.250. The maximum absolute atomic E-state index is 11.8. The second kappa shape index (κ2) is 5.97. The lowest BCUT2D eigenvalue weighted by molar-refractivity contribution is -0.119. The van der Waals surface area contributed by atoms with Crippen LogP contribution in [0.4, 0.5) is 5.69 Å². The highest BCUT2D eigenvalue weighted by atomic mass is 32.1. The molecular formula is C12H13N3OS.